The summed E-state index contributed by atoms with van der Waals surface area (Å²) in [6.07, 6.45) is 4.72. The first-order valence-electron chi connectivity index (χ1n) is 13.9. The van der Waals surface area contributed by atoms with Gasteiger partial charge in [0.15, 0.2) is 0 Å². The van der Waals surface area contributed by atoms with Crippen LogP contribution in [0.25, 0.3) is 12.2 Å². The van der Waals surface area contributed by atoms with Gasteiger partial charge >= 0.3 is 6.18 Å². The van der Waals surface area contributed by atoms with Crippen LogP contribution in [0.1, 0.15) is 51.8 Å². The van der Waals surface area contributed by atoms with Crippen molar-refractivity contribution in [1.29, 1.82) is 0 Å². The quantitative estimate of drug-likeness (QED) is 0.174. The van der Waals surface area contributed by atoms with Crippen LogP contribution in [0.4, 0.5) is 13.2 Å². The molecule has 4 aromatic carbocycles. The number of carbonyl (C=O) groups excluding carboxylic acids is 1. The molecule has 0 saturated carbocycles. The Labute approximate surface area is 238 Å². The van der Waals surface area contributed by atoms with Crippen LogP contribution in [0.5, 0.6) is 0 Å². The van der Waals surface area contributed by atoms with E-state index in [0.717, 1.165) is 46.4 Å². The van der Waals surface area contributed by atoms with Gasteiger partial charge in [0.2, 0.25) is 5.91 Å². The van der Waals surface area contributed by atoms with Gasteiger partial charge in [-0.2, -0.15) is 13.2 Å². The zero-order chi connectivity index (χ0) is 28.4. The molecule has 0 spiro atoms. The standard InChI is InChI=1S/C36H30F3NO/c37-36(38,39)30-21-19-28(20-22-30)34-32-16-8-15-31(33(32)35(41)40(34)24-27-11-5-2-6-12-27)29-14-7-13-26(23-29)18-17-25-9-3-1-4-10-25/h1-14,16-23,31-34H,15,24H2/b18-17+. The predicted molar refractivity (Wildman–Crippen MR) is 156 cm³/mol. The van der Waals surface area contributed by atoms with Gasteiger partial charge in [0.1, 0.15) is 0 Å². The van der Waals surface area contributed by atoms with Crippen LogP contribution in [-0.2, 0) is 17.5 Å². The fourth-order valence-electron chi connectivity index (χ4n) is 6.31. The maximum absolute atomic E-state index is 14.2. The normalized spacial score (nSPS) is 22.3. The van der Waals surface area contributed by atoms with Crippen molar-refractivity contribution < 1.29 is 18.0 Å². The number of nitrogens with zero attached hydrogens (tertiary/aromatic N) is 1. The van der Waals surface area contributed by atoms with Crippen LogP contribution in [0.15, 0.2) is 121 Å². The van der Waals surface area contributed by atoms with Gasteiger partial charge in [0.05, 0.1) is 17.5 Å². The van der Waals surface area contributed by atoms with Gasteiger partial charge in [-0.15, -0.1) is 0 Å². The van der Waals surface area contributed by atoms with E-state index in [2.05, 4.69) is 54.6 Å². The Balaban J connectivity index is 1.35. The Morgan fingerprint density at radius 3 is 2.12 bits per heavy atom. The second-order valence-corrected chi connectivity index (χ2v) is 10.8. The van der Waals surface area contributed by atoms with Crippen molar-refractivity contribution in [2.75, 3.05) is 0 Å². The largest absolute Gasteiger partial charge is 0.416 e. The van der Waals surface area contributed by atoms with E-state index in [9.17, 15) is 18.0 Å². The highest BCUT2D eigenvalue weighted by Crippen LogP contribution is 2.52. The van der Waals surface area contributed by atoms with Crippen LogP contribution in [-0.4, -0.2) is 10.8 Å². The number of allylic oxidation sites excluding steroid dienone is 1. The molecule has 2 aliphatic rings. The molecule has 1 amide bonds. The van der Waals surface area contributed by atoms with E-state index in [0.29, 0.717) is 6.54 Å². The SMILES string of the molecule is O=C1C2C(c3cccc(/C=C/c4ccccc4)c3)CC=CC2C(c2ccc(C(F)(F)F)cc2)N1Cc1ccccc1. The Kier molecular flexibility index (Phi) is 7.36. The summed E-state index contributed by atoms with van der Waals surface area (Å²) < 4.78 is 40.0. The first-order chi connectivity index (χ1) is 19.9. The molecule has 1 saturated heterocycles. The highest BCUT2D eigenvalue weighted by Gasteiger charge is 2.51. The fourth-order valence-corrected chi connectivity index (χ4v) is 6.31. The van der Waals surface area contributed by atoms with Crippen molar-refractivity contribution in [2.45, 2.75) is 31.1 Å². The number of rotatable bonds is 6. The van der Waals surface area contributed by atoms with Crippen molar-refractivity contribution in [3.63, 3.8) is 0 Å². The summed E-state index contributed by atoms with van der Waals surface area (Å²) in [5, 5.41) is 0. The van der Waals surface area contributed by atoms with Gasteiger partial charge in [0.25, 0.3) is 0 Å². The minimum Gasteiger partial charge on any atom is -0.330 e. The summed E-state index contributed by atoms with van der Waals surface area (Å²) in [4.78, 5) is 16.1. The monoisotopic (exact) mass is 549 g/mol. The highest BCUT2D eigenvalue weighted by molar-refractivity contribution is 5.84. The molecule has 6 rings (SSSR count). The molecule has 0 aromatic heterocycles. The zero-order valence-electron chi connectivity index (χ0n) is 22.4. The molecule has 0 bridgehead atoms. The lowest BCUT2D eigenvalue weighted by Crippen LogP contribution is -2.31. The number of fused-ring (bicyclic) bond motifs is 1. The minimum atomic E-state index is -4.41. The van der Waals surface area contributed by atoms with Crippen LogP contribution in [0.3, 0.4) is 0 Å². The minimum absolute atomic E-state index is 0.0275. The van der Waals surface area contributed by atoms with E-state index in [1.807, 2.05) is 59.5 Å². The van der Waals surface area contributed by atoms with Crippen molar-refractivity contribution >= 4 is 18.1 Å². The average molecular weight is 550 g/mol. The number of likely N-dealkylation sites (tertiary alicyclic amines) is 1. The Bertz CT molecular complexity index is 1560. The third-order valence-corrected chi connectivity index (χ3v) is 8.25. The molecule has 1 aliphatic carbocycles. The molecule has 41 heavy (non-hydrogen) atoms. The van der Waals surface area contributed by atoms with Gasteiger partial charge in [-0.1, -0.05) is 121 Å². The molecule has 1 heterocycles. The summed E-state index contributed by atoms with van der Waals surface area (Å²) in [7, 11) is 0. The molecule has 0 N–H and O–H groups in total. The summed E-state index contributed by atoms with van der Waals surface area (Å²) in [6, 6.07) is 33.2. The first kappa shape index (κ1) is 26.8. The molecular formula is C36H30F3NO. The third-order valence-electron chi connectivity index (χ3n) is 8.25. The topological polar surface area (TPSA) is 20.3 Å². The molecule has 206 valence electrons. The lowest BCUT2D eigenvalue weighted by atomic mass is 9.71. The Hall–Kier alpha value is -4.38. The lowest BCUT2D eigenvalue weighted by molar-refractivity contribution is -0.137. The zero-order valence-corrected chi connectivity index (χ0v) is 22.4. The third kappa shape index (κ3) is 5.62. The van der Waals surface area contributed by atoms with Crippen molar-refractivity contribution in [2.24, 2.45) is 11.8 Å². The molecule has 1 aliphatic heterocycles. The summed E-state index contributed by atoms with van der Waals surface area (Å²) in [5.41, 5.74) is 4.29. The van der Waals surface area contributed by atoms with Crippen molar-refractivity contribution in [1.82, 2.24) is 4.90 Å². The van der Waals surface area contributed by atoms with Crippen molar-refractivity contribution in [3.8, 4) is 0 Å². The second kappa shape index (κ2) is 11.2. The number of hydrogen-bond acceptors (Lipinski definition) is 1. The summed E-state index contributed by atoms with van der Waals surface area (Å²) >= 11 is 0. The maximum atomic E-state index is 14.2. The molecule has 4 aromatic rings. The van der Waals surface area contributed by atoms with Gasteiger partial charge < -0.3 is 4.90 Å². The Morgan fingerprint density at radius 1 is 0.756 bits per heavy atom. The van der Waals surface area contributed by atoms with Crippen LogP contribution < -0.4 is 0 Å². The second-order valence-electron chi connectivity index (χ2n) is 10.8. The smallest absolute Gasteiger partial charge is 0.330 e. The van der Waals surface area contributed by atoms with Crippen LogP contribution in [0.2, 0.25) is 0 Å². The fraction of sp³-hybridized carbons (Fsp3) is 0.194. The maximum Gasteiger partial charge on any atom is 0.416 e. The van der Waals surface area contributed by atoms with Gasteiger partial charge in [-0.3, -0.25) is 4.79 Å². The van der Waals surface area contributed by atoms with Gasteiger partial charge in [-0.25, -0.2) is 0 Å². The number of hydrogen-bond donors (Lipinski definition) is 0. The molecule has 2 nitrogen and oxygen atoms in total. The summed E-state index contributed by atoms with van der Waals surface area (Å²) in [6.45, 7) is 0.402. The van der Waals surface area contributed by atoms with E-state index in [1.165, 1.54) is 12.1 Å². The number of halogens is 3. The van der Waals surface area contributed by atoms with E-state index < -0.39 is 11.7 Å². The number of carbonyl (C=O) groups is 1. The molecule has 5 heteroatoms. The first-order valence-corrected chi connectivity index (χ1v) is 13.9. The van der Waals surface area contributed by atoms with Crippen LogP contribution in [0, 0.1) is 11.8 Å². The van der Waals surface area contributed by atoms with Gasteiger partial charge in [-0.05, 0) is 52.3 Å². The number of amides is 1. The number of alkyl halides is 3. The average Bonchev–Trinajstić information content (AvgIpc) is 3.28. The number of benzene rings is 4. The van der Waals surface area contributed by atoms with Gasteiger partial charge in [0, 0.05) is 12.5 Å². The molecule has 4 atom stereocenters. The van der Waals surface area contributed by atoms with E-state index >= 15 is 0 Å². The van der Waals surface area contributed by atoms with E-state index in [4.69, 9.17) is 0 Å². The molecule has 1 fully saturated rings. The van der Waals surface area contributed by atoms with E-state index in [-0.39, 0.29) is 29.7 Å². The van der Waals surface area contributed by atoms with E-state index in [1.54, 1.807) is 0 Å². The Morgan fingerprint density at radius 2 is 1.41 bits per heavy atom. The molecular weight excluding hydrogens is 519 g/mol. The highest BCUT2D eigenvalue weighted by atomic mass is 19.4. The lowest BCUT2D eigenvalue weighted by Gasteiger charge is -2.31. The van der Waals surface area contributed by atoms with Crippen molar-refractivity contribution in [3.05, 3.63) is 155 Å². The predicted octanol–water partition coefficient (Wildman–Crippen LogP) is 8.94. The molecule has 4 unspecified atom stereocenters. The summed E-state index contributed by atoms with van der Waals surface area (Å²) in [5.74, 6) is -0.432. The van der Waals surface area contributed by atoms with Crippen LogP contribution >= 0.6 is 0 Å². The molecule has 0 radical (unpaired) electrons.